The molecule has 1 aliphatic rings. The van der Waals surface area contributed by atoms with E-state index in [0.717, 1.165) is 17.5 Å². The number of H-pyrrole nitrogens is 1. The average Bonchev–Trinajstić information content (AvgIpc) is 2.97. The van der Waals surface area contributed by atoms with Gasteiger partial charge in [0.05, 0.1) is 19.4 Å². The van der Waals surface area contributed by atoms with E-state index in [9.17, 15) is 14.0 Å². The molecule has 0 spiro atoms. The molecule has 25 heavy (non-hydrogen) atoms. The van der Waals surface area contributed by atoms with Gasteiger partial charge in [0.25, 0.3) is 0 Å². The number of carbonyl (C=O) groups excluding carboxylic acids is 2. The summed E-state index contributed by atoms with van der Waals surface area (Å²) < 4.78 is 18.1. The number of aromatic amines is 1. The topological polar surface area (TPSA) is 74.4 Å². The van der Waals surface area contributed by atoms with Gasteiger partial charge in [-0.2, -0.15) is 0 Å². The highest BCUT2D eigenvalue weighted by molar-refractivity contribution is 5.89. The fraction of sp³-hybridized carbons (Fsp3) is 0.444. The largest absolute Gasteiger partial charge is 0.469 e. The summed E-state index contributed by atoms with van der Waals surface area (Å²) in [6.07, 6.45) is 2.59. The number of aromatic nitrogens is 1. The van der Waals surface area contributed by atoms with E-state index in [-0.39, 0.29) is 36.1 Å². The first-order valence-electron chi connectivity index (χ1n) is 8.29. The summed E-state index contributed by atoms with van der Waals surface area (Å²) in [6.45, 7) is 1.37. The van der Waals surface area contributed by atoms with E-state index in [2.05, 4.69) is 15.2 Å². The van der Waals surface area contributed by atoms with E-state index >= 15 is 0 Å². The molecule has 1 aromatic heterocycles. The lowest BCUT2D eigenvalue weighted by molar-refractivity contribution is -0.148. The highest BCUT2D eigenvalue weighted by Crippen LogP contribution is 2.21. The van der Waals surface area contributed by atoms with E-state index in [1.807, 2.05) is 7.05 Å². The molecular formula is C18H22FN3O3. The summed E-state index contributed by atoms with van der Waals surface area (Å²) in [4.78, 5) is 29.5. The molecular weight excluding hydrogens is 325 g/mol. The number of carbonyl (C=O) groups is 2. The van der Waals surface area contributed by atoms with Crippen LogP contribution in [0.25, 0.3) is 10.9 Å². The van der Waals surface area contributed by atoms with Gasteiger partial charge in [-0.15, -0.1) is 0 Å². The second kappa shape index (κ2) is 7.23. The van der Waals surface area contributed by atoms with Crippen LogP contribution in [-0.4, -0.2) is 55.0 Å². The highest BCUT2D eigenvalue weighted by atomic mass is 19.1. The summed E-state index contributed by atoms with van der Waals surface area (Å²) in [5.74, 6) is -1.16. The van der Waals surface area contributed by atoms with Crippen LogP contribution in [0.2, 0.25) is 0 Å². The maximum Gasteiger partial charge on any atom is 0.312 e. The Bertz CT molecular complexity index is 789. The molecule has 3 rings (SSSR count). The van der Waals surface area contributed by atoms with Crippen molar-refractivity contribution < 1.29 is 18.7 Å². The van der Waals surface area contributed by atoms with Crippen LogP contribution in [0.4, 0.5) is 4.39 Å². The minimum absolute atomic E-state index is 0.159. The molecule has 2 aromatic rings. The number of esters is 1. The van der Waals surface area contributed by atoms with Gasteiger partial charge >= 0.3 is 5.97 Å². The van der Waals surface area contributed by atoms with E-state index in [1.54, 1.807) is 12.3 Å². The van der Waals surface area contributed by atoms with Crippen molar-refractivity contribution in [1.29, 1.82) is 0 Å². The van der Waals surface area contributed by atoms with Gasteiger partial charge < -0.3 is 19.9 Å². The lowest BCUT2D eigenvalue weighted by atomic mass is 9.92. The molecule has 134 valence electrons. The lowest BCUT2D eigenvalue weighted by Gasteiger charge is -2.35. The van der Waals surface area contributed by atoms with E-state index in [0.29, 0.717) is 18.5 Å². The van der Waals surface area contributed by atoms with Crippen molar-refractivity contribution in [2.75, 3.05) is 27.2 Å². The normalized spacial score (nSPS) is 21.2. The van der Waals surface area contributed by atoms with Gasteiger partial charge in [-0.1, -0.05) is 0 Å². The zero-order valence-electron chi connectivity index (χ0n) is 14.3. The van der Waals surface area contributed by atoms with E-state index in [1.165, 1.54) is 19.2 Å². The zero-order valence-corrected chi connectivity index (χ0v) is 14.3. The summed E-state index contributed by atoms with van der Waals surface area (Å²) in [7, 11) is 3.31. The second-order valence-electron chi connectivity index (χ2n) is 6.54. The number of fused-ring (bicyclic) bond motifs is 1. The number of hydrogen-bond donors (Lipinski definition) is 2. The fourth-order valence-electron chi connectivity index (χ4n) is 3.41. The monoisotopic (exact) mass is 347 g/mol. The molecule has 6 nitrogen and oxygen atoms in total. The number of piperidine rings is 1. The van der Waals surface area contributed by atoms with E-state index in [4.69, 9.17) is 4.74 Å². The van der Waals surface area contributed by atoms with Crippen LogP contribution >= 0.6 is 0 Å². The highest BCUT2D eigenvalue weighted by Gasteiger charge is 2.34. The minimum Gasteiger partial charge on any atom is -0.469 e. The first-order chi connectivity index (χ1) is 12.0. The van der Waals surface area contributed by atoms with Crippen molar-refractivity contribution in [2.24, 2.45) is 5.92 Å². The van der Waals surface area contributed by atoms with Crippen LogP contribution in [0.1, 0.15) is 12.0 Å². The number of methoxy groups -OCH3 is 1. The SMILES string of the molecule is COC(=O)C1CN(C)CCC1NC(=O)Cc1c[nH]c2cc(F)ccc12. The van der Waals surface area contributed by atoms with Crippen LogP contribution < -0.4 is 5.32 Å². The molecule has 1 saturated heterocycles. The van der Waals surface area contributed by atoms with Gasteiger partial charge in [0.1, 0.15) is 5.82 Å². The molecule has 1 aliphatic heterocycles. The number of hydrogen-bond acceptors (Lipinski definition) is 4. The smallest absolute Gasteiger partial charge is 0.312 e. The van der Waals surface area contributed by atoms with Gasteiger partial charge in [0.15, 0.2) is 0 Å². The van der Waals surface area contributed by atoms with Crippen LogP contribution in [0, 0.1) is 11.7 Å². The molecule has 7 heteroatoms. The minimum atomic E-state index is -0.371. The van der Waals surface area contributed by atoms with Crippen molar-refractivity contribution in [1.82, 2.24) is 15.2 Å². The summed E-state index contributed by atoms with van der Waals surface area (Å²) in [5, 5.41) is 3.79. The Morgan fingerprint density at radius 3 is 3.00 bits per heavy atom. The molecule has 1 amide bonds. The van der Waals surface area contributed by atoms with Crippen LogP contribution in [0.5, 0.6) is 0 Å². The number of nitrogens with one attached hydrogen (secondary N) is 2. The van der Waals surface area contributed by atoms with Gasteiger partial charge in [0, 0.05) is 29.7 Å². The Morgan fingerprint density at radius 2 is 2.24 bits per heavy atom. The fourth-order valence-corrected chi connectivity index (χ4v) is 3.41. The molecule has 2 N–H and O–H groups in total. The molecule has 2 heterocycles. The number of likely N-dealkylation sites (tertiary alicyclic amines) is 1. The Labute approximate surface area is 145 Å². The quantitative estimate of drug-likeness (QED) is 0.821. The molecule has 0 aliphatic carbocycles. The van der Waals surface area contributed by atoms with Crippen LogP contribution in [-0.2, 0) is 20.7 Å². The molecule has 0 radical (unpaired) electrons. The van der Waals surface area contributed by atoms with Crippen molar-refractivity contribution in [3.05, 3.63) is 35.8 Å². The van der Waals surface area contributed by atoms with Gasteiger partial charge in [-0.3, -0.25) is 9.59 Å². The van der Waals surface area contributed by atoms with Crippen LogP contribution in [0.3, 0.4) is 0 Å². The molecule has 1 fully saturated rings. The molecule has 2 atom stereocenters. The Hall–Kier alpha value is -2.41. The van der Waals surface area contributed by atoms with E-state index < -0.39 is 0 Å². The van der Waals surface area contributed by atoms with Crippen molar-refractivity contribution in [2.45, 2.75) is 18.9 Å². The lowest BCUT2D eigenvalue weighted by Crippen LogP contribution is -2.53. The maximum atomic E-state index is 13.3. The second-order valence-corrected chi connectivity index (χ2v) is 6.54. The number of benzene rings is 1. The van der Waals surface area contributed by atoms with Crippen LogP contribution in [0.15, 0.2) is 24.4 Å². The standard InChI is InChI=1S/C18H22FN3O3/c1-22-6-5-15(14(10-22)18(24)25-2)21-17(23)7-11-9-20-16-8-12(19)3-4-13(11)16/h3-4,8-9,14-15,20H,5-7,10H2,1-2H3,(H,21,23). The predicted octanol–water partition coefficient (Wildman–Crippen LogP) is 1.46. The zero-order chi connectivity index (χ0) is 18.0. The molecule has 2 unspecified atom stereocenters. The Balaban J connectivity index is 1.69. The number of nitrogens with zero attached hydrogens (tertiary/aromatic N) is 1. The van der Waals surface area contributed by atoms with Gasteiger partial charge in [-0.05, 0) is 43.8 Å². The Morgan fingerprint density at radius 1 is 1.44 bits per heavy atom. The molecule has 0 saturated carbocycles. The summed E-state index contributed by atoms with van der Waals surface area (Å²) in [5.41, 5.74) is 1.46. The first kappa shape index (κ1) is 17.4. The third-order valence-electron chi connectivity index (χ3n) is 4.75. The Kier molecular flexibility index (Phi) is 5.03. The molecule has 0 bridgehead atoms. The average molecular weight is 347 g/mol. The number of halogens is 1. The van der Waals surface area contributed by atoms with Crippen molar-refractivity contribution in [3.63, 3.8) is 0 Å². The maximum absolute atomic E-state index is 13.3. The summed E-state index contributed by atoms with van der Waals surface area (Å²) in [6, 6.07) is 4.21. The summed E-state index contributed by atoms with van der Waals surface area (Å²) >= 11 is 0. The van der Waals surface area contributed by atoms with Gasteiger partial charge in [0.2, 0.25) is 5.91 Å². The number of ether oxygens (including phenoxy) is 1. The van der Waals surface area contributed by atoms with Crippen molar-refractivity contribution in [3.8, 4) is 0 Å². The van der Waals surface area contributed by atoms with Gasteiger partial charge in [-0.25, -0.2) is 4.39 Å². The number of rotatable bonds is 4. The number of amides is 1. The van der Waals surface area contributed by atoms with Crippen molar-refractivity contribution >= 4 is 22.8 Å². The predicted molar refractivity (Wildman–Crippen MR) is 91.5 cm³/mol. The third kappa shape index (κ3) is 3.82. The molecule has 1 aromatic carbocycles. The first-order valence-corrected chi connectivity index (χ1v) is 8.29. The third-order valence-corrected chi connectivity index (χ3v) is 4.75.